The largest absolute Gasteiger partial charge is 0.385 e. The third-order valence-corrected chi connectivity index (χ3v) is 3.48. The Morgan fingerprint density at radius 3 is 2.57 bits per heavy atom. The van der Waals surface area contributed by atoms with Crippen LogP contribution in [0.4, 0.5) is 11.4 Å². The molecule has 0 radical (unpaired) electrons. The number of anilines is 2. The van der Waals surface area contributed by atoms with E-state index in [-0.39, 0.29) is 5.91 Å². The number of rotatable bonds is 4. The van der Waals surface area contributed by atoms with E-state index < -0.39 is 0 Å². The summed E-state index contributed by atoms with van der Waals surface area (Å²) in [7, 11) is 0. The second-order valence-electron chi connectivity index (χ2n) is 4.45. The van der Waals surface area contributed by atoms with Gasteiger partial charge < -0.3 is 10.6 Å². The van der Waals surface area contributed by atoms with Gasteiger partial charge in [-0.15, -0.1) is 0 Å². The quantitative estimate of drug-likeness (QED) is 0.877. The number of hydrogen-bond acceptors (Lipinski definition) is 3. The van der Waals surface area contributed by atoms with E-state index >= 15 is 0 Å². The Hall–Kier alpha value is -1.78. The van der Waals surface area contributed by atoms with Crippen molar-refractivity contribution in [2.45, 2.75) is 13.8 Å². The van der Waals surface area contributed by atoms with E-state index in [2.05, 4.69) is 15.6 Å². The van der Waals surface area contributed by atoms with E-state index in [0.717, 1.165) is 11.4 Å². The van der Waals surface area contributed by atoms with Crippen molar-refractivity contribution in [3.05, 3.63) is 51.8 Å². The minimum atomic E-state index is -0.312. The van der Waals surface area contributed by atoms with E-state index in [9.17, 15) is 4.79 Å². The lowest BCUT2D eigenvalue weighted by Gasteiger charge is -2.13. The molecule has 0 aliphatic heterocycles. The summed E-state index contributed by atoms with van der Waals surface area (Å²) >= 11 is 12.1. The number of amides is 1. The fourth-order valence-electron chi connectivity index (χ4n) is 1.88. The predicted molar refractivity (Wildman–Crippen MR) is 87.6 cm³/mol. The molecule has 0 unspecified atom stereocenters. The fourth-order valence-corrected chi connectivity index (χ4v) is 2.37. The summed E-state index contributed by atoms with van der Waals surface area (Å²) in [4.78, 5) is 16.6. The van der Waals surface area contributed by atoms with Gasteiger partial charge in [-0.25, -0.2) is 0 Å². The Morgan fingerprint density at radius 2 is 1.95 bits per heavy atom. The van der Waals surface area contributed by atoms with Crippen LogP contribution in [-0.2, 0) is 0 Å². The molecule has 0 aliphatic rings. The second kappa shape index (κ2) is 6.78. The van der Waals surface area contributed by atoms with E-state index in [1.165, 1.54) is 6.20 Å². The van der Waals surface area contributed by atoms with Crippen molar-refractivity contribution in [2.24, 2.45) is 0 Å². The lowest BCUT2D eigenvalue weighted by atomic mass is 10.2. The van der Waals surface area contributed by atoms with Gasteiger partial charge in [-0.3, -0.25) is 9.78 Å². The van der Waals surface area contributed by atoms with Crippen LogP contribution in [0.1, 0.15) is 23.0 Å². The molecule has 2 N–H and O–H groups in total. The normalized spacial score (nSPS) is 10.3. The number of para-hydroxylation sites is 1. The molecule has 110 valence electrons. The summed E-state index contributed by atoms with van der Waals surface area (Å²) < 4.78 is 0. The van der Waals surface area contributed by atoms with Crippen molar-refractivity contribution in [3.8, 4) is 0 Å². The molecule has 1 aromatic heterocycles. The molecule has 1 heterocycles. The number of carbonyl (C=O) groups excluding carboxylic acids is 1. The van der Waals surface area contributed by atoms with Crippen LogP contribution in [0.15, 0.2) is 30.5 Å². The molecule has 0 atom stereocenters. The highest BCUT2D eigenvalue weighted by Crippen LogP contribution is 2.30. The zero-order valence-corrected chi connectivity index (χ0v) is 13.2. The topological polar surface area (TPSA) is 54.0 Å². The van der Waals surface area contributed by atoms with Gasteiger partial charge in [0.2, 0.25) is 0 Å². The number of hydrogen-bond donors (Lipinski definition) is 2. The van der Waals surface area contributed by atoms with Gasteiger partial charge in [0.25, 0.3) is 5.91 Å². The van der Waals surface area contributed by atoms with Crippen molar-refractivity contribution in [2.75, 3.05) is 17.2 Å². The second-order valence-corrected chi connectivity index (χ2v) is 5.27. The average Bonchev–Trinajstić information content (AvgIpc) is 2.43. The molecule has 0 spiro atoms. The highest BCUT2D eigenvalue weighted by Gasteiger charge is 2.15. The molecule has 2 rings (SSSR count). The number of halogens is 2. The SMILES string of the molecule is CCNc1cc(C)ncc1C(=O)Nc1c(Cl)cccc1Cl. The lowest BCUT2D eigenvalue weighted by Crippen LogP contribution is -2.16. The average molecular weight is 324 g/mol. The Labute approximate surface area is 133 Å². The molecule has 0 aliphatic carbocycles. The zero-order valence-electron chi connectivity index (χ0n) is 11.7. The molecular formula is C15H15Cl2N3O. The van der Waals surface area contributed by atoms with Crippen molar-refractivity contribution < 1.29 is 4.79 Å². The first-order valence-electron chi connectivity index (χ1n) is 6.48. The molecule has 21 heavy (non-hydrogen) atoms. The predicted octanol–water partition coefficient (Wildman–Crippen LogP) is 4.38. The summed E-state index contributed by atoms with van der Waals surface area (Å²) in [5.74, 6) is -0.312. The molecule has 0 fully saturated rings. The molecular weight excluding hydrogens is 309 g/mol. The van der Waals surface area contributed by atoms with Crippen LogP contribution in [0, 0.1) is 6.92 Å². The first-order chi connectivity index (χ1) is 10.0. The number of benzene rings is 1. The summed E-state index contributed by atoms with van der Waals surface area (Å²) in [6, 6.07) is 6.88. The Morgan fingerprint density at radius 1 is 1.29 bits per heavy atom. The van der Waals surface area contributed by atoms with Gasteiger partial charge in [0, 0.05) is 18.4 Å². The van der Waals surface area contributed by atoms with Crippen molar-refractivity contribution in [3.63, 3.8) is 0 Å². The van der Waals surface area contributed by atoms with Gasteiger partial charge in [-0.05, 0) is 32.0 Å². The Kier molecular flexibility index (Phi) is 5.04. The van der Waals surface area contributed by atoms with Crippen molar-refractivity contribution in [1.29, 1.82) is 0 Å². The van der Waals surface area contributed by atoms with E-state index in [0.29, 0.717) is 27.8 Å². The van der Waals surface area contributed by atoms with Gasteiger partial charge >= 0.3 is 0 Å². The maximum Gasteiger partial charge on any atom is 0.259 e. The molecule has 0 saturated carbocycles. The Bertz CT molecular complexity index is 654. The van der Waals surface area contributed by atoms with Crippen LogP contribution in [-0.4, -0.2) is 17.4 Å². The van der Waals surface area contributed by atoms with Crippen LogP contribution in [0.25, 0.3) is 0 Å². The van der Waals surface area contributed by atoms with Crippen LogP contribution in [0.5, 0.6) is 0 Å². The highest BCUT2D eigenvalue weighted by atomic mass is 35.5. The number of nitrogens with one attached hydrogen (secondary N) is 2. The molecule has 2 aromatic rings. The van der Waals surface area contributed by atoms with Crippen LogP contribution < -0.4 is 10.6 Å². The van der Waals surface area contributed by atoms with Gasteiger partial charge in [0.15, 0.2) is 0 Å². The minimum Gasteiger partial charge on any atom is -0.385 e. The van der Waals surface area contributed by atoms with Crippen molar-refractivity contribution in [1.82, 2.24) is 4.98 Å². The van der Waals surface area contributed by atoms with E-state index in [1.807, 2.05) is 19.9 Å². The third-order valence-electron chi connectivity index (χ3n) is 2.85. The van der Waals surface area contributed by atoms with Gasteiger partial charge in [0.1, 0.15) is 0 Å². The maximum absolute atomic E-state index is 12.4. The van der Waals surface area contributed by atoms with Crippen LogP contribution in [0.3, 0.4) is 0 Å². The first kappa shape index (κ1) is 15.6. The van der Waals surface area contributed by atoms with E-state index in [4.69, 9.17) is 23.2 Å². The fraction of sp³-hybridized carbons (Fsp3) is 0.200. The van der Waals surface area contributed by atoms with E-state index in [1.54, 1.807) is 18.2 Å². The summed E-state index contributed by atoms with van der Waals surface area (Å²) in [6.07, 6.45) is 1.54. The highest BCUT2D eigenvalue weighted by molar-refractivity contribution is 6.40. The zero-order chi connectivity index (χ0) is 15.4. The first-order valence-corrected chi connectivity index (χ1v) is 7.24. The standard InChI is InChI=1S/C15H15Cl2N3O/c1-3-18-13-7-9(2)19-8-10(13)15(21)20-14-11(16)5-4-6-12(14)17/h4-8H,3H2,1-2H3,(H,18,19)(H,20,21). The lowest BCUT2D eigenvalue weighted by molar-refractivity contribution is 0.102. The number of pyridine rings is 1. The molecule has 1 amide bonds. The molecule has 4 nitrogen and oxygen atoms in total. The molecule has 1 aromatic carbocycles. The smallest absolute Gasteiger partial charge is 0.259 e. The molecule has 6 heteroatoms. The maximum atomic E-state index is 12.4. The van der Waals surface area contributed by atoms with Crippen LogP contribution in [0.2, 0.25) is 10.0 Å². The molecule has 0 saturated heterocycles. The third kappa shape index (κ3) is 3.65. The number of aromatic nitrogens is 1. The molecule has 0 bridgehead atoms. The minimum absolute atomic E-state index is 0.312. The number of carbonyl (C=O) groups is 1. The monoisotopic (exact) mass is 323 g/mol. The summed E-state index contributed by atoms with van der Waals surface area (Å²) in [6.45, 7) is 4.53. The number of aryl methyl sites for hydroxylation is 1. The summed E-state index contributed by atoms with van der Waals surface area (Å²) in [5, 5.41) is 6.66. The summed E-state index contributed by atoms with van der Waals surface area (Å²) in [5.41, 5.74) is 2.40. The van der Waals surface area contributed by atoms with Crippen LogP contribution >= 0.6 is 23.2 Å². The van der Waals surface area contributed by atoms with Crippen molar-refractivity contribution >= 4 is 40.5 Å². The van der Waals surface area contributed by atoms with Gasteiger partial charge in [0.05, 0.1) is 27.0 Å². The number of nitrogens with zero attached hydrogens (tertiary/aromatic N) is 1. The van der Waals surface area contributed by atoms with Gasteiger partial charge in [-0.1, -0.05) is 29.3 Å². The Balaban J connectivity index is 2.32. The van der Waals surface area contributed by atoms with Gasteiger partial charge in [-0.2, -0.15) is 0 Å².